The fourth-order valence-corrected chi connectivity index (χ4v) is 17.6. The summed E-state index contributed by atoms with van der Waals surface area (Å²) in [6.07, 6.45) is -2.26. The predicted octanol–water partition coefficient (Wildman–Crippen LogP) is 7.70. The van der Waals surface area contributed by atoms with Crippen LogP contribution < -0.4 is 28.1 Å². The number of hydrogen-bond acceptors (Lipinski definition) is 0. The van der Waals surface area contributed by atoms with E-state index in [4.69, 9.17) is 0 Å². The van der Waals surface area contributed by atoms with Crippen molar-refractivity contribution in [3.8, 4) is 11.1 Å². The molecule has 0 aliphatic heterocycles. The van der Waals surface area contributed by atoms with Gasteiger partial charge in [-0.1, -0.05) is 0 Å². The maximum atomic E-state index is 14.5. The summed E-state index contributed by atoms with van der Waals surface area (Å²) in [6.45, 7) is 21.7. The molecule has 0 bridgehead atoms. The Kier molecular flexibility index (Phi) is 13.8. The number of hydrogen-bond donors (Lipinski definition) is 0. The summed E-state index contributed by atoms with van der Waals surface area (Å²) in [5.41, 5.74) is 6.52. The zero-order valence-electron chi connectivity index (χ0n) is 34.4. The number of halogens is 8. The van der Waals surface area contributed by atoms with Gasteiger partial charge in [-0.3, -0.25) is 0 Å². The summed E-state index contributed by atoms with van der Waals surface area (Å²) >= 11 is -3.87. The minimum absolute atomic E-state index is 0. The van der Waals surface area contributed by atoms with E-state index in [1.807, 2.05) is 0 Å². The van der Waals surface area contributed by atoms with Crippen LogP contribution in [0, 0.1) is 11.3 Å². The van der Waals surface area contributed by atoms with Crippen molar-refractivity contribution in [1.29, 1.82) is 0 Å². The fraction of sp³-hybridized carbons (Fsp3) is 0.396. The largest absolute Gasteiger partial charge is 1.00 e. The smallest absolute Gasteiger partial charge is 1.00 e. The van der Waals surface area contributed by atoms with Crippen molar-refractivity contribution in [2.45, 2.75) is 112 Å². The second-order valence-corrected chi connectivity index (χ2v) is 24.1. The number of benzene rings is 4. The standard InChI is InChI=1S/C21H25.C15H8F6.C12H19.2ClH.Zr/c1-20(2,3)16-7-9-18-14(12-16)11-15-13-17(21(4,5)6)8-10-19(15)18;16-14(17,18)12-5-1-3-10(8-12)7-11-4-2-6-13(9-11)15(19,20)21;1-5-6-10-7-8-11(9-10)12(2,3)4;;;/h7-10,12H,11H2,1-6H3;1-6,8-9H;8-10H,5-6H2,1-4H3;2*1H;/q;;;;;+2/p-2. The van der Waals surface area contributed by atoms with Gasteiger partial charge in [0, 0.05) is 0 Å². The third-order valence-corrected chi connectivity index (χ3v) is 19.0. The zero-order valence-corrected chi connectivity index (χ0v) is 38.4. The van der Waals surface area contributed by atoms with E-state index >= 15 is 0 Å². The topological polar surface area (TPSA) is 0 Å². The Hall–Kier alpha value is -2.73. The molecule has 0 aromatic heterocycles. The van der Waals surface area contributed by atoms with Crippen molar-refractivity contribution in [2.75, 3.05) is 0 Å². The first-order valence-corrected chi connectivity index (χ1v) is 22.9. The van der Waals surface area contributed by atoms with Gasteiger partial charge in [-0.2, -0.15) is 0 Å². The molecule has 6 rings (SSSR count). The van der Waals surface area contributed by atoms with E-state index in [9.17, 15) is 26.3 Å². The van der Waals surface area contributed by atoms with Gasteiger partial charge >= 0.3 is 333 Å². The Bertz CT molecular complexity index is 2180. The summed E-state index contributed by atoms with van der Waals surface area (Å²) in [5.74, 6) is 0.0140. The fourth-order valence-electron chi connectivity index (χ4n) is 8.13. The molecule has 0 saturated carbocycles. The van der Waals surface area contributed by atoms with Gasteiger partial charge in [0.05, 0.1) is 0 Å². The Labute approximate surface area is 355 Å². The van der Waals surface area contributed by atoms with Gasteiger partial charge in [0.15, 0.2) is 0 Å². The van der Waals surface area contributed by atoms with Crippen molar-refractivity contribution in [2.24, 2.45) is 11.3 Å². The third kappa shape index (κ3) is 9.68. The minimum atomic E-state index is -4.63. The molecule has 0 fully saturated rings. The van der Waals surface area contributed by atoms with Crippen LogP contribution in [0.5, 0.6) is 0 Å². The van der Waals surface area contributed by atoms with Crippen LogP contribution in [-0.2, 0) is 50.9 Å². The third-order valence-electron chi connectivity index (χ3n) is 11.1. The van der Waals surface area contributed by atoms with Crippen LogP contribution >= 0.6 is 0 Å². The maximum Gasteiger partial charge on any atom is -1.00 e. The summed E-state index contributed by atoms with van der Waals surface area (Å²) in [7, 11) is 0. The molecule has 2 aliphatic carbocycles. The second-order valence-electron chi connectivity index (χ2n) is 18.3. The van der Waals surface area contributed by atoms with Gasteiger partial charge in [0.2, 0.25) is 0 Å². The van der Waals surface area contributed by atoms with Crippen LogP contribution in [0.25, 0.3) is 11.1 Å². The van der Waals surface area contributed by atoms with Crippen molar-refractivity contribution < 1.29 is 72.4 Å². The number of allylic oxidation sites excluding steroid dienone is 4. The van der Waals surface area contributed by atoms with E-state index < -0.39 is 44.7 Å². The van der Waals surface area contributed by atoms with Gasteiger partial charge in [0.1, 0.15) is 0 Å². The summed E-state index contributed by atoms with van der Waals surface area (Å²) in [4.78, 5) is 0. The molecule has 0 radical (unpaired) electrons. The summed E-state index contributed by atoms with van der Waals surface area (Å²) in [6, 6.07) is 21.7. The van der Waals surface area contributed by atoms with Gasteiger partial charge in [-0.25, -0.2) is 0 Å². The van der Waals surface area contributed by atoms with E-state index in [-0.39, 0.29) is 47.0 Å². The first-order chi connectivity index (χ1) is 25.4. The van der Waals surface area contributed by atoms with Gasteiger partial charge in [-0.15, -0.1) is 0 Å². The maximum absolute atomic E-state index is 14.5. The van der Waals surface area contributed by atoms with Crippen molar-refractivity contribution in [1.82, 2.24) is 0 Å². The average Bonchev–Trinajstić information content (AvgIpc) is 3.67. The molecule has 2 aliphatic rings. The zero-order chi connectivity index (χ0) is 40.5. The molecule has 9 heteroatoms. The molecule has 0 nitrogen and oxygen atoms in total. The normalized spacial score (nSPS) is 15.4. The Balaban J connectivity index is 0.00000360. The molecule has 0 saturated heterocycles. The Morgan fingerprint density at radius 1 is 0.632 bits per heavy atom. The monoisotopic (exact) mass is 902 g/mol. The van der Waals surface area contributed by atoms with Crippen LogP contribution in [0.2, 0.25) is 0 Å². The molecule has 4 aromatic rings. The predicted molar refractivity (Wildman–Crippen MR) is 212 cm³/mol. The minimum Gasteiger partial charge on any atom is -1.00 e. The van der Waals surface area contributed by atoms with E-state index in [0.29, 0.717) is 20.8 Å². The molecule has 304 valence electrons. The Morgan fingerprint density at radius 2 is 1.18 bits per heavy atom. The van der Waals surface area contributed by atoms with Crippen molar-refractivity contribution >= 4 is 6.48 Å². The first-order valence-electron chi connectivity index (χ1n) is 19.2. The molecule has 0 heterocycles. The molecule has 4 aromatic carbocycles. The molecule has 1 atom stereocenters. The number of fused-ring (bicyclic) bond motifs is 3. The Morgan fingerprint density at radius 3 is 1.65 bits per heavy atom. The molecule has 57 heavy (non-hydrogen) atoms. The van der Waals surface area contributed by atoms with Crippen LogP contribution in [0.3, 0.4) is 0 Å². The van der Waals surface area contributed by atoms with Crippen LogP contribution in [0.1, 0.15) is 127 Å². The van der Waals surface area contributed by atoms with E-state index in [1.165, 1.54) is 47.5 Å². The van der Waals surface area contributed by atoms with Crippen LogP contribution in [0.4, 0.5) is 26.3 Å². The summed E-state index contributed by atoms with van der Waals surface area (Å²) in [5, 5.41) is 0. The van der Waals surface area contributed by atoms with Crippen molar-refractivity contribution in [3.05, 3.63) is 144 Å². The van der Waals surface area contributed by atoms with E-state index in [1.54, 1.807) is 12.1 Å². The molecule has 0 amide bonds. The molecule has 0 spiro atoms. The average molecular weight is 905 g/mol. The van der Waals surface area contributed by atoms with Gasteiger partial charge in [0.25, 0.3) is 0 Å². The summed E-state index contributed by atoms with van der Waals surface area (Å²) < 4.78 is 90.2. The van der Waals surface area contributed by atoms with Gasteiger partial charge < -0.3 is 24.8 Å². The molecular weight excluding hydrogens is 853 g/mol. The van der Waals surface area contributed by atoms with E-state index in [2.05, 4.69) is 112 Å². The van der Waals surface area contributed by atoms with Crippen molar-refractivity contribution in [3.63, 3.8) is 0 Å². The first kappa shape index (κ1) is 47.0. The van der Waals surface area contributed by atoms with E-state index in [0.717, 1.165) is 47.2 Å². The van der Waals surface area contributed by atoms with Gasteiger partial charge in [-0.05, 0) is 0 Å². The number of alkyl halides is 6. The quantitative estimate of drug-likeness (QED) is 0.154. The number of rotatable bonds is 6. The van der Waals surface area contributed by atoms with Crippen LogP contribution in [0.15, 0.2) is 99.9 Å². The molecule has 1 unspecified atom stereocenters. The van der Waals surface area contributed by atoms with Crippen LogP contribution in [-0.4, -0.2) is 3.21 Å². The molecule has 0 N–H and O–H groups in total. The SMILES string of the molecule is CCCC1C=C(C(C)(C)C)C=[C]1[Zr+2](=[C](c1cccc(C(F)(F)F)c1)c1cccc(C(F)(F)F)c1)[c]1c(C(C)(C)C)ccc2c1Cc1cc(C(C)(C)C)ccc1-2.[Cl-].[Cl-]. The second kappa shape index (κ2) is 16.7. The molecular formula is C48H52Cl2F6Zr.